The van der Waals surface area contributed by atoms with Crippen molar-refractivity contribution in [2.45, 2.75) is 20.5 Å². The highest BCUT2D eigenvalue weighted by Gasteiger charge is 2.16. The van der Waals surface area contributed by atoms with Crippen LogP contribution in [0.4, 0.5) is 10.1 Å². The molecule has 1 N–H and O–H groups in total. The molecule has 0 heterocycles. The molecular weight excluding hydrogens is 534 g/mol. The van der Waals surface area contributed by atoms with Crippen LogP contribution in [0, 0.1) is 27.6 Å². The largest absolute Gasteiger partial charge is 0.490 e. The van der Waals surface area contributed by atoms with Crippen molar-refractivity contribution >= 4 is 40.3 Å². The van der Waals surface area contributed by atoms with Crippen LogP contribution in [0.25, 0.3) is 6.08 Å². The van der Waals surface area contributed by atoms with Crippen molar-refractivity contribution in [3.63, 3.8) is 0 Å². The van der Waals surface area contributed by atoms with E-state index >= 15 is 0 Å². The second kappa shape index (κ2) is 11.5. The van der Waals surface area contributed by atoms with Crippen LogP contribution >= 0.6 is 22.6 Å². The number of nitriles is 1. The summed E-state index contributed by atoms with van der Waals surface area (Å²) in [7, 11) is 0. The molecule has 3 aromatic carbocycles. The van der Waals surface area contributed by atoms with Gasteiger partial charge in [0.25, 0.3) is 5.91 Å². The van der Waals surface area contributed by atoms with Crippen molar-refractivity contribution < 1.29 is 18.7 Å². The number of carbonyl (C=O) groups is 1. The fourth-order valence-corrected chi connectivity index (χ4v) is 3.84. The first-order chi connectivity index (χ1) is 15.9. The van der Waals surface area contributed by atoms with Crippen LogP contribution in [0.15, 0.2) is 66.2 Å². The van der Waals surface area contributed by atoms with Gasteiger partial charge in [0.15, 0.2) is 11.5 Å². The van der Waals surface area contributed by atoms with Crippen LogP contribution in [0.2, 0.25) is 0 Å². The highest BCUT2D eigenvalue weighted by atomic mass is 127. The molecule has 0 aromatic heterocycles. The highest BCUT2D eigenvalue weighted by molar-refractivity contribution is 14.1. The molecule has 0 radical (unpaired) electrons. The first-order valence-corrected chi connectivity index (χ1v) is 11.3. The molecule has 0 atom stereocenters. The van der Waals surface area contributed by atoms with Crippen molar-refractivity contribution in [1.82, 2.24) is 0 Å². The number of halogens is 2. The second-order valence-corrected chi connectivity index (χ2v) is 8.24. The molecule has 0 spiro atoms. The van der Waals surface area contributed by atoms with E-state index in [4.69, 9.17) is 9.47 Å². The summed E-state index contributed by atoms with van der Waals surface area (Å²) in [5.74, 6) is -0.176. The number of ether oxygens (including phenoxy) is 2. The normalized spacial score (nSPS) is 10.9. The molecule has 0 aliphatic heterocycles. The summed E-state index contributed by atoms with van der Waals surface area (Å²) in [4.78, 5) is 12.5. The molecule has 33 heavy (non-hydrogen) atoms. The lowest BCUT2D eigenvalue weighted by atomic mass is 10.1. The smallest absolute Gasteiger partial charge is 0.266 e. The molecular formula is C26H22FIN2O3. The summed E-state index contributed by atoms with van der Waals surface area (Å²) in [5, 5.41) is 11.9. The van der Waals surface area contributed by atoms with Gasteiger partial charge in [0.05, 0.1) is 15.9 Å². The lowest BCUT2D eigenvalue weighted by molar-refractivity contribution is -0.112. The monoisotopic (exact) mass is 556 g/mol. The van der Waals surface area contributed by atoms with E-state index < -0.39 is 11.7 Å². The van der Waals surface area contributed by atoms with E-state index in [2.05, 4.69) is 27.9 Å². The summed E-state index contributed by atoms with van der Waals surface area (Å²) >= 11 is 2.13. The molecule has 0 saturated carbocycles. The number of benzene rings is 3. The average Bonchev–Trinajstić information content (AvgIpc) is 2.79. The molecule has 0 fully saturated rings. The Morgan fingerprint density at radius 1 is 1.15 bits per heavy atom. The van der Waals surface area contributed by atoms with E-state index in [1.807, 2.05) is 44.2 Å². The van der Waals surface area contributed by atoms with Crippen LogP contribution in [0.1, 0.15) is 23.6 Å². The maximum absolute atomic E-state index is 13.9. The fourth-order valence-electron chi connectivity index (χ4n) is 3.06. The van der Waals surface area contributed by atoms with Crippen LogP contribution in [0.3, 0.4) is 0 Å². The maximum atomic E-state index is 13.9. The minimum absolute atomic E-state index is 0.00758. The van der Waals surface area contributed by atoms with E-state index in [1.54, 1.807) is 18.2 Å². The van der Waals surface area contributed by atoms with E-state index in [-0.39, 0.29) is 11.3 Å². The average molecular weight is 556 g/mol. The Morgan fingerprint density at radius 3 is 2.58 bits per heavy atom. The van der Waals surface area contributed by atoms with Crippen LogP contribution < -0.4 is 14.8 Å². The zero-order valence-corrected chi connectivity index (χ0v) is 20.4. The summed E-state index contributed by atoms with van der Waals surface area (Å²) in [6, 6.07) is 19.1. The van der Waals surface area contributed by atoms with Gasteiger partial charge in [-0.05, 0) is 83.5 Å². The van der Waals surface area contributed by atoms with Crippen molar-refractivity contribution in [2.24, 2.45) is 0 Å². The van der Waals surface area contributed by atoms with Crippen LogP contribution in [0.5, 0.6) is 11.5 Å². The summed E-state index contributed by atoms with van der Waals surface area (Å²) in [6.45, 7) is 4.69. The Bertz CT molecular complexity index is 1230. The third kappa shape index (κ3) is 6.33. The minimum atomic E-state index is -0.699. The van der Waals surface area contributed by atoms with Gasteiger partial charge in [-0.1, -0.05) is 36.4 Å². The topological polar surface area (TPSA) is 71.3 Å². The lowest BCUT2D eigenvalue weighted by Gasteiger charge is -2.16. The van der Waals surface area contributed by atoms with Gasteiger partial charge in [0.1, 0.15) is 24.1 Å². The van der Waals surface area contributed by atoms with Crippen LogP contribution in [-0.2, 0) is 11.4 Å². The van der Waals surface area contributed by atoms with Crippen molar-refractivity contribution in [2.75, 3.05) is 11.9 Å². The molecule has 7 heteroatoms. The molecule has 3 aromatic rings. The Balaban J connectivity index is 1.87. The van der Waals surface area contributed by atoms with Gasteiger partial charge in [0.2, 0.25) is 0 Å². The quantitative estimate of drug-likeness (QED) is 0.202. The van der Waals surface area contributed by atoms with E-state index in [0.717, 1.165) is 14.7 Å². The zero-order valence-electron chi connectivity index (χ0n) is 18.2. The van der Waals surface area contributed by atoms with Gasteiger partial charge >= 0.3 is 0 Å². The summed E-state index contributed by atoms with van der Waals surface area (Å²) in [5.41, 5.74) is 2.63. The standard InChI is InChI=1S/C26H22FIN2O3/c1-3-32-24-14-18(12-20(15-29)26(31)30-23-11-7-6-10-21(23)27)13-22(28)25(24)33-16-19-9-5-4-8-17(19)2/h4-14H,3,16H2,1-2H3,(H,30,31). The number of amides is 1. The van der Waals surface area contributed by atoms with Gasteiger partial charge in [-0.2, -0.15) is 5.26 Å². The zero-order chi connectivity index (χ0) is 23.8. The second-order valence-electron chi connectivity index (χ2n) is 7.08. The molecule has 0 aliphatic rings. The van der Waals surface area contributed by atoms with Gasteiger partial charge < -0.3 is 14.8 Å². The Morgan fingerprint density at radius 2 is 1.88 bits per heavy atom. The first kappa shape index (κ1) is 24.3. The Hall–Kier alpha value is -3.38. The lowest BCUT2D eigenvalue weighted by Crippen LogP contribution is -2.14. The molecule has 1 amide bonds. The Kier molecular flexibility index (Phi) is 8.44. The third-order valence-corrected chi connectivity index (χ3v) is 5.56. The number of nitrogens with one attached hydrogen (secondary N) is 1. The number of nitrogens with zero attached hydrogens (tertiary/aromatic N) is 1. The molecule has 5 nitrogen and oxygen atoms in total. The van der Waals surface area contributed by atoms with Crippen molar-refractivity contribution in [3.05, 3.63) is 92.3 Å². The molecule has 0 bridgehead atoms. The number of hydrogen-bond acceptors (Lipinski definition) is 4. The summed E-state index contributed by atoms with van der Waals surface area (Å²) in [6.07, 6.45) is 1.44. The molecule has 0 saturated heterocycles. The van der Waals surface area contributed by atoms with E-state index in [0.29, 0.717) is 30.3 Å². The number of hydrogen-bond donors (Lipinski definition) is 1. The first-order valence-electron chi connectivity index (χ1n) is 10.2. The number of rotatable bonds is 8. The Labute approximate surface area is 206 Å². The summed E-state index contributed by atoms with van der Waals surface area (Å²) < 4.78 is 26.5. The van der Waals surface area contributed by atoms with Gasteiger partial charge in [0, 0.05) is 0 Å². The SMILES string of the molecule is CCOc1cc(C=C(C#N)C(=O)Nc2ccccc2F)cc(I)c1OCc1ccccc1C. The molecule has 0 aliphatic carbocycles. The molecule has 168 valence electrons. The third-order valence-electron chi connectivity index (χ3n) is 4.76. The highest BCUT2D eigenvalue weighted by Crippen LogP contribution is 2.35. The number of aryl methyl sites for hydroxylation is 1. The predicted molar refractivity (Wildman–Crippen MR) is 134 cm³/mol. The van der Waals surface area contributed by atoms with E-state index in [1.165, 1.54) is 24.3 Å². The van der Waals surface area contributed by atoms with Crippen molar-refractivity contribution in [3.8, 4) is 17.6 Å². The number of carbonyl (C=O) groups excluding carboxylic acids is 1. The molecule has 3 rings (SSSR count). The number of anilines is 1. The fraction of sp³-hybridized carbons (Fsp3) is 0.154. The van der Waals surface area contributed by atoms with E-state index in [9.17, 15) is 14.4 Å². The van der Waals surface area contributed by atoms with Gasteiger partial charge in [-0.25, -0.2) is 4.39 Å². The van der Waals surface area contributed by atoms with Gasteiger partial charge in [-0.3, -0.25) is 4.79 Å². The number of para-hydroxylation sites is 1. The molecule has 0 unspecified atom stereocenters. The van der Waals surface area contributed by atoms with Gasteiger partial charge in [-0.15, -0.1) is 0 Å². The minimum Gasteiger partial charge on any atom is -0.490 e. The maximum Gasteiger partial charge on any atom is 0.266 e. The van der Waals surface area contributed by atoms with Crippen LogP contribution in [-0.4, -0.2) is 12.5 Å². The predicted octanol–water partition coefficient (Wildman–Crippen LogP) is 6.26. The van der Waals surface area contributed by atoms with Crippen molar-refractivity contribution in [1.29, 1.82) is 5.26 Å².